The van der Waals surface area contributed by atoms with E-state index in [1.54, 1.807) is 25.1 Å². The van der Waals surface area contributed by atoms with Crippen LogP contribution in [0.1, 0.15) is 43.7 Å². The number of rotatable bonds is 8. The van der Waals surface area contributed by atoms with Crippen molar-refractivity contribution in [1.29, 1.82) is 0 Å². The fraction of sp³-hybridized carbons (Fsp3) is 0.417. The normalized spacial score (nSPS) is 15.0. The molecule has 0 aliphatic heterocycles. The van der Waals surface area contributed by atoms with Crippen molar-refractivity contribution in [1.82, 2.24) is 10.2 Å². The highest BCUT2D eigenvalue weighted by Gasteiger charge is 2.29. The van der Waals surface area contributed by atoms with E-state index in [0.29, 0.717) is 5.56 Å². The number of hydrogen-bond donors (Lipinski definition) is 1. The molecule has 0 saturated heterocycles. The first-order valence-corrected chi connectivity index (χ1v) is 11.5. The van der Waals surface area contributed by atoms with Gasteiger partial charge in [-0.3, -0.25) is 9.59 Å². The van der Waals surface area contributed by atoms with Gasteiger partial charge < -0.3 is 10.2 Å². The standard InChI is InChI=1S/C24H29FN2O2S/c1-17-11-13-21(14-12-17)30-16-23(28)27(15-19-7-3-6-10-22(19)25)18(2)24(29)26-20-8-4-5-9-20/h3,6-7,10-14,18,20H,4-5,8-9,15-16H2,1-2H3,(H,26,29). The van der Waals surface area contributed by atoms with Crippen molar-refractivity contribution in [2.45, 2.75) is 63.1 Å². The van der Waals surface area contributed by atoms with Crippen molar-refractivity contribution in [3.63, 3.8) is 0 Å². The van der Waals surface area contributed by atoms with Crippen molar-refractivity contribution in [2.24, 2.45) is 0 Å². The molecule has 160 valence electrons. The first-order valence-electron chi connectivity index (χ1n) is 10.5. The number of benzene rings is 2. The molecule has 1 unspecified atom stereocenters. The summed E-state index contributed by atoms with van der Waals surface area (Å²) in [6.45, 7) is 3.80. The molecule has 0 radical (unpaired) electrons. The maximum atomic E-state index is 14.3. The Labute approximate surface area is 182 Å². The van der Waals surface area contributed by atoms with Crippen molar-refractivity contribution in [2.75, 3.05) is 5.75 Å². The van der Waals surface area contributed by atoms with Gasteiger partial charge in [-0.2, -0.15) is 0 Å². The molecule has 4 nitrogen and oxygen atoms in total. The maximum absolute atomic E-state index is 14.3. The van der Waals surface area contributed by atoms with Crippen LogP contribution >= 0.6 is 11.8 Å². The Hall–Kier alpha value is -2.34. The Kier molecular flexibility index (Phi) is 7.91. The van der Waals surface area contributed by atoms with Gasteiger partial charge in [0.1, 0.15) is 11.9 Å². The van der Waals surface area contributed by atoms with E-state index in [2.05, 4.69) is 5.32 Å². The summed E-state index contributed by atoms with van der Waals surface area (Å²) < 4.78 is 14.3. The van der Waals surface area contributed by atoms with Gasteiger partial charge in [0.15, 0.2) is 0 Å². The predicted molar refractivity (Wildman–Crippen MR) is 119 cm³/mol. The third-order valence-electron chi connectivity index (χ3n) is 5.55. The van der Waals surface area contributed by atoms with Crippen LogP contribution in [0.5, 0.6) is 0 Å². The molecule has 1 fully saturated rings. The average molecular weight is 429 g/mol. The lowest BCUT2D eigenvalue weighted by Crippen LogP contribution is -2.50. The number of carbonyl (C=O) groups is 2. The van der Waals surface area contributed by atoms with Gasteiger partial charge in [-0.15, -0.1) is 11.8 Å². The molecule has 3 rings (SSSR count). The van der Waals surface area contributed by atoms with Gasteiger partial charge in [-0.1, -0.05) is 48.7 Å². The van der Waals surface area contributed by atoms with E-state index in [9.17, 15) is 14.0 Å². The lowest BCUT2D eigenvalue weighted by molar-refractivity contribution is -0.139. The first-order chi connectivity index (χ1) is 14.4. The number of amides is 2. The van der Waals surface area contributed by atoms with E-state index < -0.39 is 6.04 Å². The highest BCUT2D eigenvalue weighted by molar-refractivity contribution is 8.00. The molecule has 2 amide bonds. The Morgan fingerprint density at radius 1 is 1.13 bits per heavy atom. The quantitative estimate of drug-likeness (QED) is 0.620. The number of nitrogens with zero attached hydrogens (tertiary/aromatic N) is 1. The highest BCUT2D eigenvalue weighted by Crippen LogP contribution is 2.22. The fourth-order valence-corrected chi connectivity index (χ4v) is 4.43. The summed E-state index contributed by atoms with van der Waals surface area (Å²) in [5.74, 6) is -0.534. The summed E-state index contributed by atoms with van der Waals surface area (Å²) in [4.78, 5) is 28.4. The summed E-state index contributed by atoms with van der Waals surface area (Å²) in [6, 6.07) is 13.9. The summed E-state index contributed by atoms with van der Waals surface area (Å²) in [5.41, 5.74) is 1.57. The number of aryl methyl sites for hydroxylation is 1. The summed E-state index contributed by atoms with van der Waals surface area (Å²) in [6.07, 6.45) is 4.18. The van der Waals surface area contributed by atoms with Crippen molar-refractivity contribution < 1.29 is 14.0 Å². The molecule has 0 bridgehead atoms. The van der Waals surface area contributed by atoms with Crippen LogP contribution < -0.4 is 5.32 Å². The predicted octanol–water partition coefficient (Wildman–Crippen LogP) is 4.70. The maximum Gasteiger partial charge on any atom is 0.242 e. The number of thioether (sulfide) groups is 1. The largest absolute Gasteiger partial charge is 0.352 e. The van der Waals surface area contributed by atoms with Crippen LogP contribution in [0.2, 0.25) is 0 Å². The molecule has 0 spiro atoms. The SMILES string of the molecule is Cc1ccc(SCC(=O)N(Cc2ccccc2F)C(C)C(=O)NC2CCCC2)cc1. The first kappa shape index (κ1) is 22.3. The van der Waals surface area contributed by atoms with Crippen LogP contribution in [0.25, 0.3) is 0 Å². The Bertz CT molecular complexity index is 866. The minimum absolute atomic E-state index is 0.0687. The van der Waals surface area contributed by atoms with Crippen LogP contribution in [0, 0.1) is 12.7 Å². The topological polar surface area (TPSA) is 49.4 Å². The zero-order valence-corrected chi connectivity index (χ0v) is 18.4. The smallest absolute Gasteiger partial charge is 0.242 e. The molecule has 2 aromatic carbocycles. The van der Waals surface area contributed by atoms with Crippen LogP contribution in [-0.2, 0) is 16.1 Å². The van der Waals surface area contributed by atoms with E-state index in [0.717, 1.165) is 36.1 Å². The van der Waals surface area contributed by atoms with Crippen molar-refractivity contribution in [3.05, 3.63) is 65.5 Å². The molecule has 2 aromatic rings. The van der Waals surface area contributed by atoms with Gasteiger partial charge in [0, 0.05) is 23.0 Å². The molecule has 1 aliphatic carbocycles. The van der Waals surface area contributed by atoms with Crippen LogP contribution in [0.3, 0.4) is 0 Å². The summed E-state index contributed by atoms with van der Waals surface area (Å²) >= 11 is 1.43. The molecule has 1 atom stereocenters. The zero-order valence-electron chi connectivity index (χ0n) is 17.6. The average Bonchev–Trinajstić information content (AvgIpc) is 3.25. The number of carbonyl (C=O) groups excluding carboxylic acids is 2. The second kappa shape index (κ2) is 10.6. The second-order valence-electron chi connectivity index (χ2n) is 7.88. The van der Waals surface area contributed by atoms with E-state index >= 15 is 0 Å². The van der Waals surface area contributed by atoms with Gasteiger partial charge >= 0.3 is 0 Å². The fourth-order valence-electron chi connectivity index (χ4n) is 3.65. The molecular weight excluding hydrogens is 399 g/mol. The van der Waals surface area contributed by atoms with E-state index in [1.165, 1.54) is 22.7 Å². The second-order valence-corrected chi connectivity index (χ2v) is 8.93. The van der Waals surface area contributed by atoms with Crippen LogP contribution in [0.15, 0.2) is 53.4 Å². The van der Waals surface area contributed by atoms with E-state index in [1.807, 2.05) is 31.2 Å². The van der Waals surface area contributed by atoms with E-state index in [4.69, 9.17) is 0 Å². The van der Waals surface area contributed by atoms with Crippen LogP contribution in [0.4, 0.5) is 4.39 Å². The van der Waals surface area contributed by atoms with E-state index in [-0.39, 0.29) is 36.0 Å². The zero-order chi connectivity index (χ0) is 21.5. The monoisotopic (exact) mass is 428 g/mol. The van der Waals surface area contributed by atoms with Crippen molar-refractivity contribution in [3.8, 4) is 0 Å². The van der Waals surface area contributed by atoms with Gasteiger partial charge in [0.05, 0.1) is 5.75 Å². The van der Waals surface area contributed by atoms with Gasteiger partial charge in [-0.25, -0.2) is 4.39 Å². The number of hydrogen-bond acceptors (Lipinski definition) is 3. The Balaban J connectivity index is 1.71. The molecular formula is C24H29FN2O2S. The third kappa shape index (κ3) is 6.08. The van der Waals surface area contributed by atoms with Gasteiger partial charge in [-0.05, 0) is 44.9 Å². The lowest BCUT2D eigenvalue weighted by Gasteiger charge is -2.29. The minimum Gasteiger partial charge on any atom is -0.352 e. The molecule has 6 heteroatoms. The Morgan fingerprint density at radius 3 is 2.47 bits per heavy atom. The lowest BCUT2D eigenvalue weighted by atomic mass is 10.1. The summed E-state index contributed by atoms with van der Waals surface area (Å²) in [5, 5.41) is 3.06. The summed E-state index contributed by atoms with van der Waals surface area (Å²) in [7, 11) is 0. The molecule has 1 saturated carbocycles. The molecule has 0 heterocycles. The molecule has 1 N–H and O–H groups in total. The minimum atomic E-state index is -0.670. The van der Waals surface area contributed by atoms with Gasteiger partial charge in [0.25, 0.3) is 0 Å². The van der Waals surface area contributed by atoms with Crippen LogP contribution in [-0.4, -0.2) is 34.6 Å². The van der Waals surface area contributed by atoms with Crippen molar-refractivity contribution >= 4 is 23.6 Å². The third-order valence-corrected chi connectivity index (χ3v) is 6.55. The number of halogens is 1. The van der Waals surface area contributed by atoms with Gasteiger partial charge in [0.2, 0.25) is 11.8 Å². The number of nitrogens with one attached hydrogen (secondary N) is 1. The highest BCUT2D eigenvalue weighted by atomic mass is 32.2. The Morgan fingerprint density at radius 2 is 1.80 bits per heavy atom. The molecule has 1 aliphatic rings. The molecule has 30 heavy (non-hydrogen) atoms. The molecule has 0 aromatic heterocycles.